The van der Waals surface area contributed by atoms with Crippen molar-refractivity contribution < 1.29 is 18.1 Å². The molecule has 2 unspecified atom stereocenters. The first-order valence-electron chi connectivity index (χ1n) is 9.26. The maximum atomic E-state index is 13.9. The van der Waals surface area contributed by atoms with Crippen LogP contribution in [0.25, 0.3) is 0 Å². The Kier molecular flexibility index (Phi) is 6.15. The van der Waals surface area contributed by atoms with E-state index >= 15 is 0 Å². The number of halogens is 2. The zero-order valence-electron chi connectivity index (χ0n) is 15.5. The highest BCUT2D eigenvalue weighted by Crippen LogP contribution is 2.23. The highest BCUT2D eigenvalue weighted by Gasteiger charge is 2.27. The van der Waals surface area contributed by atoms with Crippen LogP contribution in [-0.4, -0.2) is 40.1 Å². The van der Waals surface area contributed by atoms with Crippen molar-refractivity contribution in [3.05, 3.63) is 47.1 Å². The maximum absolute atomic E-state index is 13.9. The molecule has 1 N–H and O–H groups in total. The van der Waals surface area contributed by atoms with E-state index in [2.05, 4.69) is 20.4 Å². The second-order valence-electron chi connectivity index (χ2n) is 6.90. The first-order chi connectivity index (χ1) is 13.0. The molecule has 0 radical (unpaired) electrons. The van der Waals surface area contributed by atoms with Gasteiger partial charge in [0.15, 0.2) is 5.82 Å². The summed E-state index contributed by atoms with van der Waals surface area (Å²) in [6, 6.07) is 3.54. The molecule has 27 heavy (non-hydrogen) atoms. The zero-order chi connectivity index (χ0) is 19.4. The van der Waals surface area contributed by atoms with Crippen LogP contribution < -0.4 is 5.32 Å². The maximum Gasteiger partial charge on any atom is 0.227 e. The number of rotatable bonds is 6. The normalized spacial score (nSPS) is 19.0. The van der Waals surface area contributed by atoms with E-state index in [0.717, 1.165) is 19.4 Å². The molecule has 1 saturated heterocycles. The fourth-order valence-corrected chi connectivity index (χ4v) is 3.40. The molecule has 1 aromatic carbocycles. The van der Waals surface area contributed by atoms with Gasteiger partial charge in [0.25, 0.3) is 0 Å². The van der Waals surface area contributed by atoms with Gasteiger partial charge in [-0.3, -0.25) is 9.69 Å². The van der Waals surface area contributed by atoms with Gasteiger partial charge in [-0.1, -0.05) is 18.1 Å². The van der Waals surface area contributed by atoms with Crippen LogP contribution in [0.15, 0.2) is 22.7 Å². The van der Waals surface area contributed by atoms with E-state index in [1.807, 2.05) is 6.92 Å². The third kappa shape index (κ3) is 4.68. The van der Waals surface area contributed by atoms with Gasteiger partial charge in [-0.25, -0.2) is 8.78 Å². The number of hydrogen-bond donors (Lipinski definition) is 1. The van der Waals surface area contributed by atoms with E-state index < -0.39 is 17.6 Å². The van der Waals surface area contributed by atoms with E-state index in [1.165, 1.54) is 25.1 Å². The van der Waals surface area contributed by atoms with Crippen LogP contribution in [0.2, 0.25) is 0 Å². The number of aryl methyl sites for hydroxylation is 1. The average Bonchev–Trinajstić information content (AvgIpc) is 3.09. The summed E-state index contributed by atoms with van der Waals surface area (Å²) in [6.07, 6.45) is 2.42. The summed E-state index contributed by atoms with van der Waals surface area (Å²) in [5, 5.41) is 6.88. The van der Waals surface area contributed by atoms with Crippen LogP contribution in [0.5, 0.6) is 0 Å². The van der Waals surface area contributed by atoms with E-state index in [1.54, 1.807) is 0 Å². The summed E-state index contributed by atoms with van der Waals surface area (Å²) in [5.41, 5.74) is -0.193. The number of likely N-dealkylation sites (tertiary alicyclic amines) is 1. The number of carbonyl (C=O) groups is 1. The summed E-state index contributed by atoms with van der Waals surface area (Å²) in [6.45, 7) is 5.52. The van der Waals surface area contributed by atoms with Gasteiger partial charge in [0.2, 0.25) is 11.8 Å². The standard InChI is InChI=1S/C19H24F2N4O2/c1-3-17-23-16(24-27-17)11-25-9-5-6-13(10-25)22-19(26)12(2)18-14(20)7-4-8-15(18)21/h4,7-8,12-13H,3,5-6,9-11H2,1-2H3,(H,22,26). The van der Waals surface area contributed by atoms with E-state index in [4.69, 9.17) is 4.52 Å². The van der Waals surface area contributed by atoms with E-state index in [0.29, 0.717) is 31.2 Å². The van der Waals surface area contributed by atoms with Gasteiger partial charge in [0, 0.05) is 24.6 Å². The number of hydrogen-bond acceptors (Lipinski definition) is 5. The summed E-state index contributed by atoms with van der Waals surface area (Å²) < 4.78 is 33.0. The Morgan fingerprint density at radius 2 is 2.15 bits per heavy atom. The molecule has 3 rings (SSSR count). The van der Waals surface area contributed by atoms with Gasteiger partial charge in [-0.2, -0.15) is 4.98 Å². The molecule has 6 nitrogen and oxygen atoms in total. The SMILES string of the molecule is CCc1nc(CN2CCCC(NC(=O)C(C)c3c(F)cccc3F)C2)no1. The van der Waals surface area contributed by atoms with Crippen LogP contribution in [0.1, 0.15) is 49.9 Å². The van der Waals surface area contributed by atoms with E-state index in [9.17, 15) is 13.6 Å². The lowest BCUT2D eigenvalue weighted by Crippen LogP contribution is -2.48. The zero-order valence-corrected chi connectivity index (χ0v) is 15.5. The van der Waals surface area contributed by atoms with Crippen molar-refractivity contribution in [1.82, 2.24) is 20.4 Å². The quantitative estimate of drug-likeness (QED) is 0.837. The number of nitrogens with zero attached hydrogens (tertiary/aromatic N) is 3. The lowest BCUT2D eigenvalue weighted by Gasteiger charge is -2.33. The molecule has 146 valence electrons. The minimum atomic E-state index is -0.897. The highest BCUT2D eigenvalue weighted by molar-refractivity contribution is 5.83. The van der Waals surface area contributed by atoms with Crippen LogP contribution in [0.4, 0.5) is 8.78 Å². The molecule has 0 saturated carbocycles. The smallest absolute Gasteiger partial charge is 0.227 e. The van der Waals surface area contributed by atoms with Gasteiger partial charge < -0.3 is 9.84 Å². The van der Waals surface area contributed by atoms with Crippen LogP contribution >= 0.6 is 0 Å². The van der Waals surface area contributed by atoms with Crippen LogP contribution in [0.3, 0.4) is 0 Å². The number of carbonyl (C=O) groups excluding carboxylic acids is 1. The molecule has 8 heteroatoms. The fourth-order valence-electron chi connectivity index (χ4n) is 3.40. The summed E-state index contributed by atoms with van der Waals surface area (Å²) in [4.78, 5) is 19.0. The predicted octanol–water partition coefficient (Wildman–Crippen LogP) is 2.79. The fraction of sp³-hybridized carbons (Fsp3) is 0.526. The Balaban J connectivity index is 1.59. The Morgan fingerprint density at radius 1 is 1.41 bits per heavy atom. The van der Waals surface area contributed by atoms with Crippen molar-refractivity contribution in [2.24, 2.45) is 0 Å². The van der Waals surface area contributed by atoms with Crippen molar-refractivity contribution in [2.45, 2.75) is 51.6 Å². The Labute approximate surface area is 156 Å². The van der Waals surface area contributed by atoms with Gasteiger partial charge in [-0.05, 0) is 38.4 Å². The summed E-state index contributed by atoms with van der Waals surface area (Å²) in [7, 11) is 0. The molecule has 0 spiro atoms. The second-order valence-corrected chi connectivity index (χ2v) is 6.90. The predicted molar refractivity (Wildman–Crippen MR) is 94.9 cm³/mol. The van der Waals surface area contributed by atoms with Gasteiger partial charge in [-0.15, -0.1) is 0 Å². The molecule has 1 aromatic heterocycles. The molecule has 0 aliphatic carbocycles. The van der Waals surface area contributed by atoms with Crippen molar-refractivity contribution in [2.75, 3.05) is 13.1 Å². The molecule has 2 aromatic rings. The third-order valence-corrected chi connectivity index (χ3v) is 4.86. The Morgan fingerprint density at radius 3 is 2.81 bits per heavy atom. The Bertz CT molecular complexity index is 776. The van der Waals surface area contributed by atoms with E-state index in [-0.39, 0.29) is 17.5 Å². The molecular weight excluding hydrogens is 354 g/mol. The van der Waals surface area contributed by atoms with Crippen LogP contribution in [0, 0.1) is 11.6 Å². The average molecular weight is 378 g/mol. The molecule has 1 amide bonds. The third-order valence-electron chi connectivity index (χ3n) is 4.86. The first-order valence-corrected chi connectivity index (χ1v) is 9.26. The summed E-state index contributed by atoms with van der Waals surface area (Å²) in [5.74, 6) is -1.45. The van der Waals surface area contributed by atoms with Crippen molar-refractivity contribution >= 4 is 5.91 Å². The molecule has 1 fully saturated rings. The minimum Gasteiger partial charge on any atom is -0.352 e. The minimum absolute atomic E-state index is 0.0823. The number of amides is 1. The number of piperidine rings is 1. The number of aromatic nitrogens is 2. The molecule has 2 atom stereocenters. The molecule has 2 heterocycles. The number of nitrogens with one attached hydrogen (secondary N) is 1. The molecular formula is C19H24F2N4O2. The topological polar surface area (TPSA) is 71.3 Å². The number of benzene rings is 1. The molecule has 0 bridgehead atoms. The van der Waals surface area contributed by atoms with Gasteiger partial charge >= 0.3 is 0 Å². The van der Waals surface area contributed by atoms with Gasteiger partial charge in [0.05, 0.1) is 12.5 Å². The molecule has 1 aliphatic heterocycles. The van der Waals surface area contributed by atoms with Crippen molar-refractivity contribution in [3.63, 3.8) is 0 Å². The lowest BCUT2D eigenvalue weighted by atomic mass is 9.97. The first kappa shape index (κ1) is 19.4. The van der Waals surface area contributed by atoms with Crippen molar-refractivity contribution in [3.8, 4) is 0 Å². The molecule has 1 aliphatic rings. The summed E-state index contributed by atoms with van der Waals surface area (Å²) >= 11 is 0. The monoisotopic (exact) mass is 378 g/mol. The Hall–Kier alpha value is -2.35. The second kappa shape index (κ2) is 8.56. The largest absolute Gasteiger partial charge is 0.352 e. The van der Waals surface area contributed by atoms with Crippen molar-refractivity contribution in [1.29, 1.82) is 0 Å². The van der Waals surface area contributed by atoms with Crippen LogP contribution in [-0.2, 0) is 17.8 Å². The lowest BCUT2D eigenvalue weighted by molar-refractivity contribution is -0.123. The highest BCUT2D eigenvalue weighted by atomic mass is 19.1. The van der Waals surface area contributed by atoms with Gasteiger partial charge in [0.1, 0.15) is 11.6 Å².